The number of rotatable bonds is 7. The molecule has 2 aromatic rings. The summed E-state index contributed by atoms with van der Waals surface area (Å²) in [5.74, 6) is -0.160. The number of halogens is 1. The number of hydrogen-bond donors (Lipinski definition) is 1. The van der Waals surface area contributed by atoms with Gasteiger partial charge in [-0.3, -0.25) is 4.79 Å². The Labute approximate surface area is 165 Å². The third kappa shape index (κ3) is 5.66. The Morgan fingerprint density at radius 2 is 1.89 bits per heavy atom. The normalized spacial score (nSPS) is 12.9. The van der Waals surface area contributed by atoms with Crippen LogP contribution >= 0.6 is 11.6 Å². The van der Waals surface area contributed by atoms with Gasteiger partial charge in [-0.1, -0.05) is 42.8 Å². The number of hydrogen-bond acceptors (Lipinski definition) is 3. The van der Waals surface area contributed by atoms with E-state index in [2.05, 4.69) is 4.72 Å². The van der Waals surface area contributed by atoms with Crippen LogP contribution in [-0.2, 0) is 14.8 Å². The van der Waals surface area contributed by atoms with E-state index in [-0.39, 0.29) is 16.8 Å². The largest absolute Gasteiger partial charge is 0.335 e. The van der Waals surface area contributed by atoms with E-state index < -0.39 is 10.0 Å². The van der Waals surface area contributed by atoms with Crippen LogP contribution in [0.3, 0.4) is 0 Å². The van der Waals surface area contributed by atoms with Gasteiger partial charge in [0.15, 0.2) is 0 Å². The topological polar surface area (TPSA) is 66.5 Å². The molecule has 0 spiro atoms. The lowest BCUT2D eigenvalue weighted by Gasteiger charge is -2.24. The van der Waals surface area contributed by atoms with Gasteiger partial charge in [0, 0.05) is 24.7 Å². The minimum Gasteiger partial charge on any atom is -0.335 e. The number of nitrogens with zero attached hydrogens (tertiary/aromatic N) is 1. The summed E-state index contributed by atoms with van der Waals surface area (Å²) in [6.45, 7) is 3.98. The van der Waals surface area contributed by atoms with E-state index in [0.717, 1.165) is 11.1 Å². The Kier molecular flexibility index (Phi) is 7.18. The summed E-state index contributed by atoms with van der Waals surface area (Å²) in [4.78, 5) is 14.2. The highest BCUT2D eigenvalue weighted by Gasteiger charge is 2.16. The second kappa shape index (κ2) is 9.17. The molecule has 0 aliphatic heterocycles. The lowest BCUT2D eigenvalue weighted by atomic mass is 10.1. The van der Waals surface area contributed by atoms with E-state index >= 15 is 0 Å². The monoisotopic (exact) mass is 406 g/mol. The van der Waals surface area contributed by atoms with Crippen LogP contribution in [-0.4, -0.2) is 32.8 Å². The maximum atomic E-state index is 12.4. The minimum atomic E-state index is -3.48. The van der Waals surface area contributed by atoms with Crippen molar-refractivity contribution < 1.29 is 13.2 Å². The Morgan fingerprint density at radius 1 is 1.22 bits per heavy atom. The smallest absolute Gasteiger partial charge is 0.246 e. The zero-order chi connectivity index (χ0) is 20.0. The fraction of sp³-hybridized carbons (Fsp3) is 0.250. The summed E-state index contributed by atoms with van der Waals surface area (Å²) in [5, 5.41) is 0.628. The van der Waals surface area contributed by atoms with Crippen molar-refractivity contribution in [2.24, 2.45) is 0 Å². The summed E-state index contributed by atoms with van der Waals surface area (Å²) in [5.41, 5.74) is 1.69. The minimum absolute atomic E-state index is 0.131. The van der Waals surface area contributed by atoms with Crippen LogP contribution in [0.25, 0.3) is 6.08 Å². The van der Waals surface area contributed by atoms with Gasteiger partial charge in [0.1, 0.15) is 0 Å². The van der Waals surface area contributed by atoms with Crippen LogP contribution in [0.2, 0.25) is 5.02 Å². The Balaban J connectivity index is 2.07. The molecule has 0 heterocycles. The van der Waals surface area contributed by atoms with Gasteiger partial charge in [0.25, 0.3) is 0 Å². The van der Waals surface area contributed by atoms with Crippen molar-refractivity contribution in [3.63, 3.8) is 0 Å². The van der Waals surface area contributed by atoms with E-state index in [0.29, 0.717) is 11.6 Å². The molecular formula is C20H23ClN2O3S. The first kappa shape index (κ1) is 21.2. The fourth-order valence-electron chi connectivity index (χ4n) is 2.50. The van der Waals surface area contributed by atoms with E-state index in [1.165, 1.54) is 18.2 Å². The predicted molar refractivity (Wildman–Crippen MR) is 109 cm³/mol. The van der Waals surface area contributed by atoms with Crippen molar-refractivity contribution in [1.29, 1.82) is 0 Å². The summed E-state index contributed by atoms with van der Waals surface area (Å²) in [6, 6.07) is 13.6. The lowest BCUT2D eigenvalue weighted by Crippen LogP contribution is -2.27. The number of amides is 1. The third-order valence-electron chi connectivity index (χ3n) is 4.20. The highest BCUT2D eigenvalue weighted by Crippen LogP contribution is 2.22. The Morgan fingerprint density at radius 3 is 2.48 bits per heavy atom. The number of nitrogens with one attached hydrogen (secondary N) is 1. The van der Waals surface area contributed by atoms with Crippen LogP contribution in [0, 0.1) is 0 Å². The highest BCUT2D eigenvalue weighted by atomic mass is 35.5. The SMILES string of the molecule is CCNS(=O)(=O)c1ccc(/C=C/C(=O)N(C)C(C)c2cccc(Cl)c2)cc1. The third-order valence-corrected chi connectivity index (χ3v) is 6.00. The number of likely N-dealkylation sites (N-methyl/N-ethyl adjacent to an activating group) is 1. The molecule has 1 unspecified atom stereocenters. The maximum Gasteiger partial charge on any atom is 0.246 e. The Hall–Kier alpha value is -2.15. The molecule has 0 aliphatic carbocycles. The first-order valence-electron chi connectivity index (χ1n) is 8.54. The quantitative estimate of drug-likeness (QED) is 0.710. The van der Waals surface area contributed by atoms with Crippen molar-refractivity contribution in [3.05, 3.63) is 70.8 Å². The molecule has 144 valence electrons. The summed E-state index contributed by atoms with van der Waals surface area (Å²) >= 11 is 6.01. The molecule has 0 aliphatic rings. The molecule has 7 heteroatoms. The van der Waals surface area contributed by atoms with Gasteiger partial charge in [-0.05, 0) is 48.4 Å². The van der Waals surface area contributed by atoms with Crippen molar-refractivity contribution in [2.45, 2.75) is 24.8 Å². The highest BCUT2D eigenvalue weighted by molar-refractivity contribution is 7.89. The van der Waals surface area contributed by atoms with Crippen molar-refractivity contribution in [1.82, 2.24) is 9.62 Å². The van der Waals surface area contributed by atoms with Crippen LogP contribution in [0.1, 0.15) is 31.0 Å². The lowest BCUT2D eigenvalue weighted by molar-refractivity contribution is -0.126. The molecule has 27 heavy (non-hydrogen) atoms. The molecule has 5 nitrogen and oxygen atoms in total. The first-order chi connectivity index (χ1) is 12.7. The van der Waals surface area contributed by atoms with Crippen LogP contribution in [0.4, 0.5) is 0 Å². The zero-order valence-corrected chi connectivity index (χ0v) is 17.1. The van der Waals surface area contributed by atoms with Crippen molar-refractivity contribution in [3.8, 4) is 0 Å². The van der Waals surface area contributed by atoms with Crippen LogP contribution in [0.15, 0.2) is 59.5 Å². The standard InChI is InChI=1S/C20H23ClN2O3S/c1-4-22-27(25,26)19-11-8-16(9-12-19)10-13-20(24)23(3)15(2)17-6-5-7-18(21)14-17/h5-15,22H,4H2,1-3H3/b13-10+. The predicted octanol–water partition coefficient (Wildman–Crippen LogP) is 3.87. The maximum absolute atomic E-state index is 12.4. The first-order valence-corrected chi connectivity index (χ1v) is 10.4. The van der Waals surface area contributed by atoms with E-state index in [9.17, 15) is 13.2 Å². The number of carbonyl (C=O) groups excluding carboxylic acids is 1. The average Bonchev–Trinajstić information content (AvgIpc) is 2.65. The molecule has 1 amide bonds. The molecular weight excluding hydrogens is 384 g/mol. The summed E-state index contributed by atoms with van der Waals surface area (Å²) < 4.78 is 26.3. The molecule has 2 aromatic carbocycles. The average molecular weight is 407 g/mol. The van der Waals surface area contributed by atoms with Gasteiger partial charge in [-0.2, -0.15) is 0 Å². The Bertz CT molecular complexity index is 924. The van der Waals surface area contributed by atoms with Crippen molar-refractivity contribution in [2.75, 3.05) is 13.6 Å². The molecule has 1 atom stereocenters. The van der Waals surface area contributed by atoms with Gasteiger partial charge < -0.3 is 4.90 Å². The fourth-order valence-corrected chi connectivity index (χ4v) is 3.74. The number of sulfonamides is 1. The van der Waals surface area contributed by atoms with E-state index in [1.54, 1.807) is 43.1 Å². The van der Waals surface area contributed by atoms with E-state index in [4.69, 9.17) is 11.6 Å². The zero-order valence-electron chi connectivity index (χ0n) is 15.5. The second-order valence-corrected chi connectivity index (χ2v) is 8.29. The molecule has 1 N–H and O–H groups in total. The van der Waals surface area contributed by atoms with Gasteiger partial charge in [-0.15, -0.1) is 0 Å². The van der Waals surface area contributed by atoms with Gasteiger partial charge in [0.2, 0.25) is 15.9 Å². The molecule has 0 saturated carbocycles. The van der Waals surface area contributed by atoms with Crippen LogP contribution in [0.5, 0.6) is 0 Å². The second-order valence-electron chi connectivity index (χ2n) is 6.08. The number of benzene rings is 2. The molecule has 0 saturated heterocycles. The summed E-state index contributed by atoms with van der Waals surface area (Å²) in [7, 11) is -1.75. The molecule has 0 fully saturated rings. The van der Waals surface area contributed by atoms with Gasteiger partial charge in [0.05, 0.1) is 10.9 Å². The molecule has 0 radical (unpaired) electrons. The summed E-state index contributed by atoms with van der Waals surface area (Å²) in [6.07, 6.45) is 3.13. The van der Waals surface area contributed by atoms with E-state index in [1.807, 2.05) is 25.1 Å². The molecule has 0 aromatic heterocycles. The van der Waals surface area contributed by atoms with Gasteiger partial charge >= 0.3 is 0 Å². The molecule has 2 rings (SSSR count). The van der Waals surface area contributed by atoms with Gasteiger partial charge in [-0.25, -0.2) is 13.1 Å². The van der Waals surface area contributed by atoms with Crippen LogP contribution < -0.4 is 4.72 Å². The number of carbonyl (C=O) groups is 1. The molecule has 0 bridgehead atoms. The van der Waals surface area contributed by atoms with Crippen molar-refractivity contribution >= 4 is 33.6 Å².